The zero-order valence-corrected chi connectivity index (χ0v) is 12.7. The topological polar surface area (TPSA) is 40.5 Å². The molecule has 1 N–H and O–H groups in total. The average Bonchev–Trinajstić information content (AvgIpc) is 3.18. The largest absolute Gasteiger partial charge is 0.395 e. The molecule has 0 unspecified atom stereocenters. The second-order valence-electron chi connectivity index (χ2n) is 7.40. The number of amides is 1. The standard InChI is InChI=1S/C16H29NO2/c1-16(2,3)13-6-4-12(5-7-13)15(19)17(10-11-18)14-8-9-14/h12-14,18H,4-11H2,1-3H3. The number of aliphatic hydroxyl groups excluding tert-OH is 1. The van der Waals surface area contributed by atoms with Crippen LogP contribution in [0, 0.1) is 17.3 Å². The first-order chi connectivity index (χ1) is 8.93. The van der Waals surface area contributed by atoms with Gasteiger partial charge in [0.25, 0.3) is 0 Å². The smallest absolute Gasteiger partial charge is 0.226 e. The highest BCUT2D eigenvalue weighted by Gasteiger charge is 2.38. The molecular formula is C16H29NO2. The third-order valence-corrected chi connectivity index (χ3v) is 4.91. The number of aliphatic hydroxyl groups is 1. The second kappa shape index (κ2) is 5.82. The molecule has 0 aromatic carbocycles. The van der Waals surface area contributed by atoms with Crippen molar-refractivity contribution < 1.29 is 9.90 Å². The molecule has 2 aliphatic carbocycles. The highest BCUT2D eigenvalue weighted by atomic mass is 16.3. The van der Waals surface area contributed by atoms with Crippen molar-refractivity contribution in [2.24, 2.45) is 17.3 Å². The van der Waals surface area contributed by atoms with E-state index in [0.717, 1.165) is 31.6 Å². The highest BCUT2D eigenvalue weighted by Crippen LogP contribution is 2.41. The molecule has 1 amide bonds. The summed E-state index contributed by atoms with van der Waals surface area (Å²) in [6.07, 6.45) is 6.69. The fourth-order valence-corrected chi connectivity index (χ4v) is 3.41. The normalized spacial score (nSPS) is 28.2. The summed E-state index contributed by atoms with van der Waals surface area (Å²) < 4.78 is 0. The number of hydrogen-bond acceptors (Lipinski definition) is 2. The van der Waals surface area contributed by atoms with Gasteiger partial charge < -0.3 is 10.0 Å². The van der Waals surface area contributed by atoms with Gasteiger partial charge in [0.15, 0.2) is 0 Å². The molecule has 110 valence electrons. The maximum absolute atomic E-state index is 12.5. The van der Waals surface area contributed by atoms with Gasteiger partial charge in [0, 0.05) is 18.5 Å². The molecule has 0 radical (unpaired) electrons. The predicted octanol–water partition coefficient (Wildman–Crippen LogP) is 2.82. The molecule has 0 heterocycles. The molecule has 0 bridgehead atoms. The van der Waals surface area contributed by atoms with Crippen molar-refractivity contribution in [1.82, 2.24) is 4.90 Å². The second-order valence-corrected chi connectivity index (χ2v) is 7.40. The highest BCUT2D eigenvalue weighted by molar-refractivity contribution is 5.79. The number of rotatable bonds is 4. The van der Waals surface area contributed by atoms with Crippen molar-refractivity contribution in [3.63, 3.8) is 0 Å². The Morgan fingerprint density at radius 2 is 1.68 bits per heavy atom. The van der Waals surface area contributed by atoms with E-state index in [1.54, 1.807) is 0 Å². The number of carbonyl (C=O) groups is 1. The summed E-state index contributed by atoms with van der Waals surface area (Å²) in [6.45, 7) is 7.55. The lowest BCUT2D eigenvalue weighted by Gasteiger charge is -2.38. The molecule has 2 saturated carbocycles. The molecule has 0 aromatic heterocycles. The molecule has 3 nitrogen and oxygen atoms in total. The van der Waals surface area contributed by atoms with E-state index in [9.17, 15) is 4.79 Å². The van der Waals surface area contributed by atoms with Crippen LogP contribution in [0.1, 0.15) is 59.3 Å². The minimum Gasteiger partial charge on any atom is -0.395 e. The first-order valence-electron chi connectivity index (χ1n) is 7.85. The van der Waals surface area contributed by atoms with E-state index < -0.39 is 0 Å². The fraction of sp³-hybridized carbons (Fsp3) is 0.938. The van der Waals surface area contributed by atoms with Crippen LogP contribution in [-0.2, 0) is 4.79 Å². The lowest BCUT2D eigenvalue weighted by atomic mass is 9.69. The van der Waals surface area contributed by atoms with Crippen molar-refractivity contribution in [2.75, 3.05) is 13.2 Å². The van der Waals surface area contributed by atoms with Crippen LogP contribution in [0.15, 0.2) is 0 Å². The average molecular weight is 267 g/mol. The van der Waals surface area contributed by atoms with Crippen molar-refractivity contribution >= 4 is 5.91 Å². The summed E-state index contributed by atoms with van der Waals surface area (Å²) in [6, 6.07) is 0.431. The van der Waals surface area contributed by atoms with Gasteiger partial charge in [-0.05, 0) is 49.9 Å². The minimum absolute atomic E-state index is 0.0968. The molecule has 0 aromatic rings. The molecule has 2 rings (SSSR count). The SMILES string of the molecule is CC(C)(C)C1CCC(C(=O)N(CCO)C2CC2)CC1. The van der Waals surface area contributed by atoms with E-state index in [1.165, 1.54) is 12.8 Å². The third kappa shape index (κ3) is 3.71. The van der Waals surface area contributed by atoms with E-state index in [2.05, 4.69) is 20.8 Å². The molecular weight excluding hydrogens is 238 g/mol. The van der Waals surface area contributed by atoms with Crippen LogP contribution in [0.2, 0.25) is 0 Å². The third-order valence-electron chi connectivity index (χ3n) is 4.91. The van der Waals surface area contributed by atoms with Gasteiger partial charge in [0.2, 0.25) is 5.91 Å². The van der Waals surface area contributed by atoms with Crippen molar-refractivity contribution in [3.05, 3.63) is 0 Å². The van der Waals surface area contributed by atoms with Gasteiger partial charge in [-0.15, -0.1) is 0 Å². The van der Waals surface area contributed by atoms with Crippen LogP contribution in [-0.4, -0.2) is 35.1 Å². The van der Waals surface area contributed by atoms with Crippen molar-refractivity contribution in [1.29, 1.82) is 0 Å². The summed E-state index contributed by atoms with van der Waals surface area (Å²) in [7, 11) is 0. The predicted molar refractivity (Wildman–Crippen MR) is 76.7 cm³/mol. The Morgan fingerprint density at radius 1 is 1.11 bits per heavy atom. The number of hydrogen-bond donors (Lipinski definition) is 1. The van der Waals surface area contributed by atoms with Crippen molar-refractivity contribution in [2.45, 2.75) is 65.3 Å². The molecule has 0 atom stereocenters. The van der Waals surface area contributed by atoms with Gasteiger partial charge in [0.1, 0.15) is 0 Å². The Morgan fingerprint density at radius 3 is 2.11 bits per heavy atom. The van der Waals surface area contributed by atoms with E-state index >= 15 is 0 Å². The molecule has 19 heavy (non-hydrogen) atoms. The van der Waals surface area contributed by atoms with Gasteiger partial charge in [-0.1, -0.05) is 20.8 Å². The first-order valence-corrected chi connectivity index (χ1v) is 7.85. The maximum atomic E-state index is 12.5. The molecule has 2 aliphatic rings. The van der Waals surface area contributed by atoms with Crippen molar-refractivity contribution in [3.8, 4) is 0 Å². The molecule has 0 aliphatic heterocycles. The zero-order valence-electron chi connectivity index (χ0n) is 12.7. The Bertz CT molecular complexity index is 309. The first kappa shape index (κ1) is 14.8. The van der Waals surface area contributed by atoms with Crippen LogP contribution in [0.5, 0.6) is 0 Å². The van der Waals surface area contributed by atoms with Gasteiger partial charge >= 0.3 is 0 Å². The van der Waals surface area contributed by atoms with E-state index in [1.807, 2.05) is 4.90 Å². The van der Waals surface area contributed by atoms with Crippen LogP contribution in [0.25, 0.3) is 0 Å². The summed E-state index contributed by atoms with van der Waals surface area (Å²) in [4.78, 5) is 14.5. The number of nitrogens with zero attached hydrogens (tertiary/aromatic N) is 1. The quantitative estimate of drug-likeness (QED) is 0.851. The molecule has 2 fully saturated rings. The Labute approximate surface area is 117 Å². The fourth-order valence-electron chi connectivity index (χ4n) is 3.41. The molecule has 0 saturated heterocycles. The Hall–Kier alpha value is -0.570. The van der Waals surface area contributed by atoms with E-state index in [-0.39, 0.29) is 12.5 Å². The number of carbonyl (C=O) groups excluding carboxylic acids is 1. The summed E-state index contributed by atoms with van der Waals surface area (Å²) in [5.74, 6) is 1.28. The van der Waals surface area contributed by atoms with E-state index in [0.29, 0.717) is 23.9 Å². The maximum Gasteiger partial charge on any atom is 0.226 e. The van der Waals surface area contributed by atoms with Crippen LogP contribution in [0.4, 0.5) is 0 Å². The zero-order chi connectivity index (χ0) is 14.0. The van der Waals surface area contributed by atoms with Gasteiger partial charge in [-0.2, -0.15) is 0 Å². The monoisotopic (exact) mass is 267 g/mol. The minimum atomic E-state index is 0.0968. The molecule has 3 heteroatoms. The van der Waals surface area contributed by atoms with Crippen LogP contribution < -0.4 is 0 Å². The van der Waals surface area contributed by atoms with Gasteiger partial charge in [-0.25, -0.2) is 0 Å². The Kier molecular flexibility index (Phi) is 4.54. The molecule has 0 spiro atoms. The summed E-state index contributed by atoms with van der Waals surface area (Å²) in [5.41, 5.74) is 0.370. The lowest BCUT2D eigenvalue weighted by molar-refractivity contribution is -0.138. The van der Waals surface area contributed by atoms with E-state index in [4.69, 9.17) is 5.11 Å². The summed E-state index contributed by atoms with van der Waals surface area (Å²) >= 11 is 0. The van der Waals surface area contributed by atoms with Gasteiger partial charge in [0.05, 0.1) is 6.61 Å². The Balaban J connectivity index is 1.87. The van der Waals surface area contributed by atoms with Crippen LogP contribution >= 0.6 is 0 Å². The van der Waals surface area contributed by atoms with Gasteiger partial charge in [-0.3, -0.25) is 4.79 Å². The lowest BCUT2D eigenvalue weighted by Crippen LogP contribution is -2.41. The summed E-state index contributed by atoms with van der Waals surface area (Å²) in [5, 5.41) is 9.12. The van der Waals surface area contributed by atoms with Crippen LogP contribution in [0.3, 0.4) is 0 Å².